The fraction of sp³-hybridized carbons (Fsp3) is 0.529. The lowest BCUT2D eigenvalue weighted by atomic mass is 9.98. The van der Waals surface area contributed by atoms with E-state index in [1.54, 1.807) is 0 Å². The van der Waals surface area contributed by atoms with Crippen molar-refractivity contribution in [3.05, 3.63) is 35.4 Å². The third kappa shape index (κ3) is 7.66. The van der Waals surface area contributed by atoms with Gasteiger partial charge in [0.1, 0.15) is 0 Å². The first-order chi connectivity index (χ1) is 11.0. The van der Waals surface area contributed by atoms with E-state index in [2.05, 4.69) is 17.6 Å². The molecule has 0 radical (unpaired) electrons. The average Bonchev–Trinajstić information content (AvgIpc) is 2.50. The highest BCUT2D eigenvalue weighted by Crippen LogP contribution is 2.20. The van der Waals surface area contributed by atoms with Crippen LogP contribution in [0, 0.1) is 6.92 Å². The van der Waals surface area contributed by atoms with Gasteiger partial charge in [-0.1, -0.05) is 44.0 Å². The Morgan fingerprint density at radius 2 is 1.88 bits per heavy atom. The Labute approximate surface area is 150 Å². The summed E-state index contributed by atoms with van der Waals surface area (Å²) >= 11 is 0. The molecular formula is C17H29ClN4O2. The third-order valence-electron chi connectivity index (χ3n) is 3.83. The molecule has 0 fully saturated rings. The normalized spacial score (nSPS) is 12.6. The van der Waals surface area contributed by atoms with Crippen LogP contribution in [0.1, 0.15) is 49.8 Å². The molecule has 6 N–H and O–H groups in total. The first kappa shape index (κ1) is 22.2. The molecule has 24 heavy (non-hydrogen) atoms. The van der Waals surface area contributed by atoms with E-state index < -0.39 is 12.1 Å². The molecule has 0 spiro atoms. The number of rotatable bonds is 9. The molecule has 136 valence electrons. The van der Waals surface area contributed by atoms with Gasteiger partial charge in [0.05, 0.1) is 12.5 Å². The van der Waals surface area contributed by atoms with Gasteiger partial charge >= 0.3 is 6.03 Å². The summed E-state index contributed by atoms with van der Waals surface area (Å²) in [5, 5.41) is 5.59. The second kappa shape index (κ2) is 11.7. The fourth-order valence-corrected chi connectivity index (χ4v) is 2.56. The molecule has 0 saturated heterocycles. The molecule has 1 aromatic rings. The van der Waals surface area contributed by atoms with Gasteiger partial charge in [-0.25, -0.2) is 4.79 Å². The first-order valence-electron chi connectivity index (χ1n) is 8.08. The molecule has 0 aliphatic heterocycles. The fourth-order valence-electron chi connectivity index (χ4n) is 2.56. The van der Waals surface area contributed by atoms with Crippen LogP contribution in [-0.2, 0) is 4.79 Å². The molecule has 3 amide bonds. The summed E-state index contributed by atoms with van der Waals surface area (Å²) in [6, 6.07) is 6.49. The van der Waals surface area contributed by atoms with Crippen molar-refractivity contribution in [1.82, 2.24) is 10.6 Å². The van der Waals surface area contributed by atoms with E-state index in [0.29, 0.717) is 6.54 Å². The minimum Gasteiger partial charge on any atom is -0.352 e. The predicted octanol–water partition coefficient (Wildman–Crippen LogP) is 2.15. The number of hydrogen-bond donors (Lipinski definition) is 4. The average molecular weight is 357 g/mol. The van der Waals surface area contributed by atoms with Crippen LogP contribution in [0.25, 0.3) is 0 Å². The molecule has 2 atom stereocenters. The molecule has 7 heteroatoms. The van der Waals surface area contributed by atoms with Crippen LogP contribution in [-0.4, -0.2) is 24.5 Å². The summed E-state index contributed by atoms with van der Waals surface area (Å²) in [5.74, 6) is -0.140. The van der Waals surface area contributed by atoms with Gasteiger partial charge in [-0.05, 0) is 24.5 Å². The van der Waals surface area contributed by atoms with Crippen molar-refractivity contribution in [2.45, 2.75) is 51.6 Å². The van der Waals surface area contributed by atoms with Crippen molar-refractivity contribution in [3.8, 4) is 0 Å². The number of hydrogen-bond acceptors (Lipinski definition) is 3. The Morgan fingerprint density at radius 3 is 2.42 bits per heavy atom. The Morgan fingerprint density at radius 1 is 1.21 bits per heavy atom. The summed E-state index contributed by atoms with van der Waals surface area (Å²) in [7, 11) is 0. The van der Waals surface area contributed by atoms with E-state index in [1.165, 1.54) is 0 Å². The van der Waals surface area contributed by atoms with E-state index in [4.69, 9.17) is 11.5 Å². The number of unbranched alkanes of at least 4 members (excludes halogenated alkanes) is 1. The molecule has 1 aromatic carbocycles. The van der Waals surface area contributed by atoms with Gasteiger partial charge in [0.2, 0.25) is 5.91 Å². The van der Waals surface area contributed by atoms with Crippen molar-refractivity contribution < 1.29 is 9.59 Å². The monoisotopic (exact) mass is 356 g/mol. The van der Waals surface area contributed by atoms with Crippen LogP contribution in [0.3, 0.4) is 0 Å². The van der Waals surface area contributed by atoms with Crippen molar-refractivity contribution in [2.75, 3.05) is 6.54 Å². The van der Waals surface area contributed by atoms with E-state index >= 15 is 0 Å². The highest BCUT2D eigenvalue weighted by molar-refractivity contribution is 5.85. The summed E-state index contributed by atoms with van der Waals surface area (Å²) in [5.41, 5.74) is 12.8. The molecule has 0 aliphatic carbocycles. The number of amides is 3. The minimum absolute atomic E-state index is 0. The lowest BCUT2D eigenvalue weighted by Gasteiger charge is -2.22. The van der Waals surface area contributed by atoms with Crippen LogP contribution >= 0.6 is 12.4 Å². The zero-order chi connectivity index (χ0) is 17.2. The number of carbonyl (C=O) groups is 2. The van der Waals surface area contributed by atoms with Crippen molar-refractivity contribution in [3.63, 3.8) is 0 Å². The number of halogens is 1. The van der Waals surface area contributed by atoms with Crippen LogP contribution in [0.5, 0.6) is 0 Å². The predicted molar refractivity (Wildman–Crippen MR) is 99.0 cm³/mol. The molecular weight excluding hydrogens is 328 g/mol. The standard InChI is InChI=1S/C17H28N4O2.ClH/c1-3-4-8-13(11-18)20-16(22)10-15(21-17(19)23)14-9-6-5-7-12(14)2;/h5-7,9,13,15H,3-4,8,10-11,18H2,1-2H3,(H,20,22)(H3,19,21,23);1H. The molecule has 0 heterocycles. The Kier molecular flexibility index (Phi) is 10.8. The largest absolute Gasteiger partial charge is 0.352 e. The minimum atomic E-state index is -0.646. The SMILES string of the molecule is CCCCC(CN)NC(=O)CC(NC(N)=O)c1ccccc1C.Cl. The summed E-state index contributed by atoms with van der Waals surface area (Å²) in [6.07, 6.45) is 3.07. The van der Waals surface area contributed by atoms with E-state index in [0.717, 1.165) is 30.4 Å². The van der Waals surface area contributed by atoms with E-state index in [-0.39, 0.29) is 30.8 Å². The first-order valence-corrected chi connectivity index (χ1v) is 8.08. The summed E-state index contributed by atoms with van der Waals surface area (Å²) < 4.78 is 0. The maximum absolute atomic E-state index is 12.3. The van der Waals surface area contributed by atoms with Crippen LogP contribution in [0.15, 0.2) is 24.3 Å². The van der Waals surface area contributed by atoms with E-state index in [1.807, 2.05) is 31.2 Å². The summed E-state index contributed by atoms with van der Waals surface area (Å²) in [6.45, 7) is 4.44. The number of primary amides is 1. The van der Waals surface area contributed by atoms with Gasteiger partial charge in [0, 0.05) is 12.6 Å². The molecule has 0 bridgehead atoms. The van der Waals surface area contributed by atoms with Crippen LogP contribution < -0.4 is 22.1 Å². The number of aryl methyl sites for hydroxylation is 1. The van der Waals surface area contributed by atoms with Crippen molar-refractivity contribution >= 4 is 24.3 Å². The van der Waals surface area contributed by atoms with Gasteiger partial charge in [-0.2, -0.15) is 0 Å². The quantitative estimate of drug-likeness (QED) is 0.544. The van der Waals surface area contributed by atoms with Gasteiger partial charge < -0.3 is 22.1 Å². The molecule has 1 rings (SSSR count). The lowest BCUT2D eigenvalue weighted by Crippen LogP contribution is -2.42. The highest BCUT2D eigenvalue weighted by Gasteiger charge is 2.20. The zero-order valence-corrected chi connectivity index (χ0v) is 15.2. The maximum Gasteiger partial charge on any atom is 0.312 e. The Hall–Kier alpha value is -1.79. The smallest absolute Gasteiger partial charge is 0.312 e. The number of nitrogens with two attached hydrogens (primary N) is 2. The number of carbonyl (C=O) groups excluding carboxylic acids is 2. The number of nitrogens with one attached hydrogen (secondary N) is 2. The Balaban J connectivity index is 0.00000529. The second-order valence-corrected chi connectivity index (χ2v) is 5.76. The molecule has 2 unspecified atom stereocenters. The second-order valence-electron chi connectivity index (χ2n) is 5.76. The Bertz CT molecular complexity index is 525. The topological polar surface area (TPSA) is 110 Å². The summed E-state index contributed by atoms with van der Waals surface area (Å²) in [4.78, 5) is 23.5. The molecule has 6 nitrogen and oxygen atoms in total. The van der Waals surface area contributed by atoms with Crippen molar-refractivity contribution in [1.29, 1.82) is 0 Å². The van der Waals surface area contributed by atoms with Gasteiger partial charge in [0.15, 0.2) is 0 Å². The van der Waals surface area contributed by atoms with Gasteiger partial charge in [-0.15, -0.1) is 12.4 Å². The van der Waals surface area contributed by atoms with E-state index in [9.17, 15) is 9.59 Å². The maximum atomic E-state index is 12.3. The van der Waals surface area contributed by atoms with Crippen LogP contribution in [0.2, 0.25) is 0 Å². The number of urea groups is 1. The highest BCUT2D eigenvalue weighted by atomic mass is 35.5. The molecule has 0 aromatic heterocycles. The van der Waals surface area contributed by atoms with Gasteiger partial charge in [0.25, 0.3) is 0 Å². The van der Waals surface area contributed by atoms with Gasteiger partial charge in [-0.3, -0.25) is 4.79 Å². The third-order valence-corrected chi connectivity index (χ3v) is 3.83. The van der Waals surface area contributed by atoms with Crippen molar-refractivity contribution in [2.24, 2.45) is 11.5 Å². The molecule has 0 saturated carbocycles. The number of benzene rings is 1. The molecule has 0 aliphatic rings. The van der Waals surface area contributed by atoms with Crippen LogP contribution in [0.4, 0.5) is 4.79 Å². The zero-order valence-electron chi connectivity index (χ0n) is 14.4. The lowest BCUT2D eigenvalue weighted by molar-refractivity contribution is -0.122.